The van der Waals surface area contributed by atoms with E-state index in [4.69, 9.17) is 9.79 Å². The van der Waals surface area contributed by atoms with Crippen molar-refractivity contribution in [2.75, 3.05) is 0 Å². The standard InChI is InChI=1S/C6H4F12O7P2/c7-3(8,9)1(4(10,11)12)23-26(19,20)25-27(21,22)24-2(5(13,14)15)6(16,17)18/h1-2H,(H,19,20)(H,21,22). The van der Waals surface area contributed by atoms with Crippen molar-refractivity contribution in [1.29, 1.82) is 0 Å². The van der Waals surface area contributed by atoms with Gasteiger partial charge in [-0.15, -0.1) is 0 Å². The molecule has 2 unspecified atom stereocenters. The molecule has 27 heavy (non-hydrogen) atoms. The van der Waals surface area contributed by atoms with Crippen LogP contribution in [0, 0.1) is 0 Å². The highest BCUT2D eigenvalue weighted by molar-refractivity contribution is 7.61. The first-order chi connectivity index (χ1) is 11.4. The van der Waals surface area contributed by atoms with Gasteiger partial charge in [-0.05, 0) is 0 Å². The summed E-state index contributed by atoms with van der Waals surface area (Å²) in [4.78, 5) is 17.2. The number of alkyl halides is 12. The minimum absolute atomic E-state index is 2.52. The average molecular weight is 478 g/mol. The zero-order chi connectivity index (χ0) is 22.3. The maximum Gasteiger partial charge on any atom is 0.482 e. The maximum atomic E-state index is 12.1. The molecular formula is C6H4F12O7P2. The van der Waals surface area contributed by atoms with Crippen LogP contribution in [-0.2, 0) is 22.5 Å². The third-order valence-electron chi connectivity index (χ3n) is 1.87. The summed E-state index contributed by atoms with van der Waals surface area (Å²) in [5.74, 6) is 0. The zero-order valence-electron chi connectivity index (χ0n) is 11.5. The molecule has 0 fully saturated rings. The summed E-state index contributed by atoms with van der Waals surface area (Å²) < 4.78 is 175. The van der Waals surface area contributed by atoms with Gasteiger partial charge >= 0.3 is 40.4 Å². The van der Waals surface area contributed by atoms with Crippen molar-refractivity contribution in [2.24, 2.45) is 0 Å². The lowest BCUT2D eigenvalue weighted by Gasteiger charge is -2.27. The van der Waals surface area contributed by atoms with E-state index < -0.39 is 52.6 Å². The van der Waals surface area contributed by atoms with Gasteiger partial charge in [-0.3, -0.25) is 9.05 Å². The van der Waals surface area contributed by atoms with E-state index in [2.05, 4.69) is 13.4 Å². The third-order valence-corrected chi connectivity index (χ3v) is 4.48. The molecule has 0 saturated carbocycles. The van der Waals surface area contributed by atoms with Crippen molar-refractivity contribution < 1.29 is 85.0 Å². The molecule has 0 heterocycles. The van der Waals surface area contributed by atoms with Gasteiger partial charge in [0.1, 0.15) is 0 Å². The molecule has 0 aromatic heterocycles. The fourth-order valence-electron chi connectivity index (χ4n) is 1.05. The summed E-state index contributed by atoms with van der Waals surface area (Å²) in [5.41, 5.74) is 0. The number of halogens is 12. The van der Waals surface area contributed by atoms with Crippen molar-refractivity contribution in [3.63, 3.8) is 0 Å². The summed E-state index contributed by atoms with van der Waals surface area (Å²) in [7, 11) is -14.1. The summed E-state index contributed by atoms with van der Waals surface area (Å²) >= 11 is 0. The van der Waals surface area contributed by atoms with E-state index >= 15 is 0 Å². The summed E-state index contributed by atoms with van der Waals surface area (Å²) in [6.45, 7) is 0. The Labute approximate surface area is 139 Å². The number of hydrogen-bond donors (Lipinski definition) is 2. The lowest BCUT2D eigenvalue weighted by Crippen LogP contribution is -2.44. The second-order valence-corrected chi connectivity index (χ2v) is 7.11. The lowest BCUT2D eigenvalue weighted by atomic mass is 10.3. The number of hydrogen-bond acceptors (Lipinski definition) is 5. The van der Waals surface area contributed by atoms with Gasteiger partial charge in [0, 0.05) is 0 Å². The minimum Gasteiger partial charge on any atom is -0.302 e. The van der Waals surface area contributed by atoms with E-state index in [0.717, 1.165) is 0 Å². The van der Waals surface area contributed by atoms with Crippen LogP contribution in [0.3, 0.4) is 0 Å². The van der Waals surface area contributed by atoms with Crippen molar-refractivity contribution in [3.05, 3.63) is 0 Å². The molecule has 0 rings (SSSR count). The molecule has 7 nitrogen and oxygen atoms in total. The number of phosphoric acid groups is 2. The zero-order valence-corrected chi connectivity index (χ0v) is 13.3. The Bertz CT molecular complexity index is 525. The first-order valence-electron chi connectivity index (χ1n) is 5.39. The van der Waals surface area contributed by atoms with Crippen molar-refractivity contribution in [3.8, 4) is 0 Å². The molecule has 0 aromatic rings. The molecule has 0 aliphatic rings. The fourth-order valence-corrected chi connectivity index (χ4v) is 3.41. The van der Waals surface area contributed by atoms with E-state index in [9.17, 15) is 61.8 Å². The van der Waals surface area contributed by atoms with Crippen LogP contribution in [0.25, 0.3) is 0 Å². The molecule has 0 bridgehead atoms. The van der Waals surface area contributed by atoms with Gasteiger partial charge in [0.05, 0.1) is 0 Å². The highest BCUT2D eigenvalue weighted by Gasteiger charge is 2.63. The molecule has 2 N–H and O–H groups in total. The van der Waals surface area contributed by atoms with Crippen LogP contribution in [0.5, 0.6) is 0 Å². The average Bonchev–Trinajstić information content (AvgIpc) is 2.26. The van der Waals surface area contributed by atoms with Gasteiger partial charge < -0.3 is 9.79 Å². The molecular weight excluding hydrogens is 474 g/mol. The van der Waals surface area contributed by atoms with Crippen molar-refractivity contribution in [2.45, 2.75) is 36.9 Å². The Balaban J connectivity index is 5.58. The Morgan fingerprint density at radius 3 is 0.889 bits per heavy atom. The molecule has 164 valence electrons. The smallest absolute Gasteiger partial charge is 0.302 e. The normalized spacial score (nSPS) is 19.3. The number of phosphoric ester groups is 2. The largest absolute Gasteiger partial charge is 0.482 e. The molecule has 0 saturated heterocycles. The summed E-state index contributed by atoms with van der Waals surface area (Å²) in [6.07, 6.45) is -36.2. The number of rotatable bonds is 6. The van der Waals surface area contributed by atoms with E-state index in [1.807, 2.05) is 0 Å². The second-order valence-electron chi connectivity index (χ2n) is 4.16. The maximum absolute atomic E-state index is 12.1. The summed E-state index contributed by atoms with van der Waals surface area (Å²) in [5, 5.41) is 0. The quantitative estimate of drug-likeness (QED) is 0.436. The Morgan fingerprint density at radius 1 is 0.556 bits per heavy atom. The molecule has 0 aliphatic heterocycles. The molecule has 21 heteroatoms. The van der Waals surface area contributed by atoms with Gasteiger partial charge in [-0.25, -0.2) is 9.13 Å². The highest BCUT2D eigenvalue weighted by Crippen LogP contribution is 2.64. The van der Waals surface area contributed by atoms with Crippen LogP contribution in [0.15, 0.2) is 0 Å². The predicted molar refractivity (Wildman–Crippen MR) is 54.7 cm³/mol. The summed E-state index contributed by atoms with van der Waals surface area (Å²) in [6, 6.07) is 0. The fraction of sp³-hybridized carbons (Fsp3) is 1.00. The van der Waals surface area contributed by atoms with E-state index in [-0.39, 0.29) is 0 Å². The molecule has 0 radical (unpaired) electrons. The first kappa shape index (κ1) is 26.4. The van der Waals surface area contributed by atoms with E-state index in [1.165, 1.54) is 0 Å². The monoisotopic (exact) mass is 478 g/mol. The van der Waals surface area contributed by atoms with Crippen LogP contribution in [-0.4, -0.2) is 46.7 Å². The SMILES string of the molecule is O=P(O)(OC(C(F)(F)F)C(F)(F)F)OP(=O)(O)OC(C(F)(F)F)C(F)(F)F. The molecule has 0 aliphatic carbocycles. The Morgan fingerprint density at radius 2 is 0.741 bits per heavy atom. The van der Waals surface area contributed by atoms with Gasteiger partial charge in [-0.2, -0.15) is 57.0 Å². The van der Waals surface area contributed by atoms with Crippen LogP contribution in [0.1, 0.15) is 0 Å². The molecule has 0 amide bonds. The van der Waals surface area contributed by atoms with Gasteiger partial charge in [0.25, 0.3) is 12.2 Å². The van der Waals surface area contributed by atoms with Crippen LogP contribution >= 0.6 is 15.6 Å². The Kier molecular flexibility index (Phi) is 7.52. The Hall–Kier alpha value is -0.580. The molecule has 2 atom stereocenters. The van der Waals surface area contributed by atoms with Gasteiger partial charge in [-0.1, -0.05) is 0 Å². The molecule has 0 aromatic carbocycles. The molecule has 0 spiro atoms. The van der Waals surface area contributed by atoms with Gasteiger partial charge in [0.15, 0.2) is 0 Å². The third kappa shape index (κ3) is 8.97. The topological polar surface area (TPSA) is 102 Å². The van der Waals surface area contributed by atoms with E-state index in [0.29, 0.717) is 0 Å². The van der Waals surface area contributed by atoms with E-state index in [1.54, 1.807) is 0 Å². The van der Waals surface area contributed by atoms with Gasteiger partial charge in [0.2, 0.25) is 0 Å². The highest BCUT2D eigenvalue weighted by atomic mass is 31.3. The van der Waals surface area contributed by atoms with Crippen LogP contribution in [0.2, 0.25) is 0 Å². The van der Waals surface area contributed by atoms with Crippen molar-refractivity contribution >= 4 is 15.6 Å². The van der Waals surface area contributed by atoms with Crippen LogP contribution in [0.4, 0.5) is 52.7 Å². The van der Waals surface area contributed by atoms with Crippen LogP contribution < -0.4 is 0 Å². The lowest BCUT2D eigenvalue weighted by molar-refractivity contribution is -0.304. The predicted octanol–water partition coefficient (Wildman–Crippen LogP) is 4.22. The second kappa shape index (κ2) is 7.68. The van der Waals surface area contributed by atoms with Crippen molar-refractivity contribution in [1.82, 2.24) is 0 Å². The minimum atomic E-state index is -7.04. The first-order valence-corrected chi connectivity index (χ1v) is 8.38.